The number of likely N-dealkylation sites (tertiary alicyclic amines) is 1. The molecule has 0 saturated carbocycles. The summed E-state index contributed by atoms with van der Waals surface area (Å²) in [6.45, 7) is 6.21. The van der Waals surface area contributed by atoms with Crippen LogP contribution in [-0.2, 0) is 29.7 Å². The van der Waals surface area contributed by atoms with Crippen molar-refractivity contribution in [3.63, 3.8) is 0 Å². The van der Waals surface area contributed by atoms with Crippen LogP contribution in [0.15, 0.2) is 47.5 Å². The first-order valence-electron chi connectivity index (χ1n) is 12.8. The molecule has 3 aromatic rings. The number of methoxy groups -OCH3 is 1. The number of fused-ring (bicyclic) bond motifs is 1. The molecule has 1 aliphatic heterocycles. The highest BCUT2D eigenvalue weighted by atomic mass is 19.1. The Hall–Kier alpha value is -2.97. The summed E-state index contributed by atoms with van der Waals surface area (Å²) in [7, 11) is 3.40. The van der Waals surface area contributed by atoms with Crippen LogP contribution in [0.1, 0.15) is 43.2 Å². The van der Waals surface area contributed by atoms with E-state index in [-0.39, 0.29) is 35.7 Å². The second-order valence-corrected chi connectivity index (χ2v) is 9.76. The summed E-state index contributed by atoms with van der Waals surface area (Å²) < 4.78 is 23.6. The monoisotopic (exact) mass is 496 g/mol. The van der Waals surface area contributed by atoms with Crippen LogP contribution in [0.3, 0.4) is 0 Å². The zero-order valence-corrected chi connectivity index (χ0v) is 21.5. The lowest BCUT2D eigenvalue weighted by molar-refractivity contribution is -0.127. The molecule has 1 saturated heterocycles. The number of rotatable bonds is 10. The van der Waals surface area contributed by atoms with Gasteiger partial charge >= 0.3 is 0 Å². The molecule has 194 valence electrons. The molecule has 1 aliphatic rings. The van der Waals surface area contributed by atoms with Gasteiger partial charge in [0.05, 0.1) is 11.4 Å². The minimum Gasteiger partial charge on any atom is -0.385 e. The fourth-order valence-electron chi connectivity index (χ4n) is 5.40. The molecular weight excluding hydrogens is 459 g/mol. The molecule has 2 unspecified atom stereocenters. The highest BCUT2D eigenvalue weighted by molar-refractivity contribution is 5.86. The largest absolute Gasteiger partial charge is 0.385 e. The molecule has 3 heterocycles. The summed E-state index contributed by atoms with van der Waals surface area (Å²) >= 11 is 0. The minimum absolute atomic E-state index is 0.0286. The predicted molar refractivity (Wildman–Crippen MR) is 139 cm³/mol. The van der Waals surface area contributed by atoms with Crippen LogP contribution in [0.5, 0.6) is 0 Å². The molecule has 1 N–H and O–H groups in total. The van der Waals surface area contributed by atoms with Crippen molar-refractivity contribution in [3.05, 3.63) is 70.0 Å². The number of nitrogens with one attached hydrogen (secondary N) is 1. The Morgan fingerprint density at radius 2 is 2.08 bits per heavy atom. The molecule has 2 atom stereocenters. The zero-order valence-electron chi connectivity index (χ0n) is 21.5. The standard InChI is InChI=1S/C28H37FN4O3/c1-4-11-32-14-10-22(20-9-13-31(2)26(34)16-20)23(19-32)28(35)30-17-21-18-33(12-6-15-36-3)25-8-5-7-24(29)27(21)25/h5,7-9,13,16,18,22-23H,4,6,10-12,14-15,17,19H2,1-3H3,(H,30,35). The van der Waals surface area contributed by atoms with Gasteiger partial charge in [0.15, 0.2) is 0 Å². The molecule has 1 aromatic carbocycles. The fraction of sp³-hybridized carbons (Fsp3) is 0.500. The third kappa shape index (κ3) is 5.71. The second-order valence-electron chi connectivity index (χ2n) is 9.76. The molecule has 0 radical (unpaired) electrons. The number of aryl methyl sites for hydroxylation is 2. The van der Waals surface area contributed by atoms with Crippen LogP contribution in [0, 0.1) is 11.7 Å². The summed E-state index contributed by atoms with van der Waals surface area (Å²) in [5.74, 6) is -0.651. The van der Waals surface area contributed by atoms with Crippen molar-refractivity contribution in [1.29, 1.82) is 0 Å². The van der Waals surface area contributed by atoms with Crippen LogP contribution in [0.25, 0.3) is 10.9 Å². The number of carbonyl (C=O) groups is 1. The van der Waals surface area contributed by atoms with Gasteiger partial charge in [-0.05, 0) is 67.6 Å². The van der Waals surface area contributed by atoms with Crippen molar-refractivity contribution in [2.75, 3.05) is 33.4 Å². The van der Waals surface area contributed by atoms with Crippen molar-refractivity contribution in [1.82, 2.24) is 19.4 Å². The van der Waals surface area contributed by atoms with Crippen LogP contribution in [-0.4, -0.2) is 53.3 Å². The van der Waals surface area contributed by atoms with Crippen molar-refractivity contribution >= 4 is 16.8 Å². The number of pyridine rings is 1. The van der Waals surface area contributed by atoms with E-state index < -0.39 is 0 Å². The summed E-state index contributed by atoms with van der Waals surface area (Å²) in [4.78, 5) is 28.2. The highest BCUT2D eigenvalue weighted by Gasteiger charge is 2.35. The number of ether oxygens (including phenoxy) is 1. The van der Waals surface area contributed by atoms with Gasteiger partial charge in [0.1, 0.15) is 5.82 Å². The number of hydrogen-bond acceptors (Lipinski definition) is 4. The molecule has 2 aromatic heterocycles. The van der Waals surface area contributed by atoms with E-state index in [0.29, 0.717) is 25.1 Å². The van der Waals surface area contributed by atoms with Gasteiger partial charge in [-0.15, -0.1) is 0 Å². The minimum atomic E-state index is -0.285. The van der Waals surface area contributed by atoms with E-state index in [2.05, 4.69) is 17.1 Å². The molecule has 36 heavy (non-hydrogen) atoms. The van der Waals surface area contributed by atoms with Crippen LogP contribution in [0.4, 0.5) is 4.39 Å². The van der Waals surface area contributed by atoms with Gasteiger partial charge in [0, 0.05) is 64.2 Å². The Morgan fingerprint density at radius 3 is 2.83 bits per heavy atom. The molecule has 8 heteroatoms. The van der Waals surface area contributed by atoms with Gasteiger partial charge in [-0.3, -0.25) is 9.59 Å². The molecular formula is C28H37FN4O3. The third-order valence-corrected chi connectivity index (χ3v) is 7.26. The molecule has 0 bridgehead atoms. The number of aromatic nitrogens is 2. The van der Waals surface area contributed by atoms with E-state index in [1.807, 2.05) is 22.9 Å². The highest BCUT2D eigenvalue weighted by Crippen LogP contribution is 2.33. The molecule has 1 amide bonds. The molecule has 4 rings (SSSR count). The SMILES string of the molecule is CCCN1CCC(c2ccn(C)c(=O)c2)C(C(=O)NCc2cn(CCCOC)c3cccc(F)c23)C1. The van der Waals surface area contributed by atoms with Crippen molar-refractivity contribution in [2.24, 2.45) is 13.0 Å². The Labute approximate surface area is 211 Å². The van der Waals surface area contributed by atoms with Gasteiger partial charge in [-0.1, -0.05) is 13.0 Å². The number of piperidine rings is 1. The lowest BCUT2D eigenvalue weighted by atomic mass is 9.80. The van der Waals surface area contributed by atoms with Gasteiger partial charge < -0.3 is 24.1 Å². The first kappa shape index (κ1) is 26.1. The van der Waals surface area contributed by atoms with E-state index in [1.165, 1.54) is 6.07 Å². The van der Waals surface area contributed by atoms with Crippen molar-refractivity contribution in [3.8, 4) is 0 Å². The lowest BCUT2D eigenvalue weighted by Gasteiger charge is -2.38. The van der Waals surface area contributed by atoms with Crippen molar-refractivity contribution in [2.45, 2.75) is 45.2 Å². The number of nitrogens with zero attached hydrogens (tertiary/aromatic N) is 3. The first-order chi connectivity index (χ1) is 17.4. The fourth-order valence-corrected chi connectivity index (χ4v) is 5.40. The summed E-state index contributed by atoms with van der Waals surface area (Å²) in [6.07, 6.45) is 6.36. The quantitative estimate of drug-likeness (QED) is 0.435. The van der Waals surface area contributed by atoms with Gasteiger partial charge in [0.25, 0.3) is 5.56 Å². The van der Waals surface area contributed by atoms with E-state index in [9.17, 15) is 14.0 Å². The van der Waals surface area contributed by atoms with E-state index in [1.54, 1.807) is 37.1 Å². The van der Waals surface area contributed by atoms with Gasteiger partial charge in [-0.2, -0.15) is 0 Å². The van der Waals surface area contributed by atoms with Crippen molar-refractivity contribution < 1.29 is 13.9 Å². The van der Waals surface area contributed by atoms with Gasteiger partial charge in [-0.25, -0.2) is 4.39 Å². The molecule has 1 fully saturated rings. The zero-order chi connectivity index (χ0) is 25.7. The average molecular weight is 497 g/mol. The Kier molecular flexibility index (Phi) is 8.59. The number of benzene rings is 1. The van der Waals surface area contributed by atoms with Crippen LogP contribution >= 0.6 is 0 Å². The normalized spacial score (nSPS) is 18.6. The van der Waals surface area contributed by atoms with Crippen LogP contribution < -0.4 is 10.9 Å². The van der Waals surface area contributed by atoms with E-state index in [0.717, 1.165) is 49.0 Å². The lowest BCUT2D eigenvalue weighted by Crippen LogP contribution is -2.46. The Morgan fingerprint density at radius 1 is 1.25 bits per heavy atom. The molecule has 0 aliphatic carbocycles. The Bertz CT molecular complexity index is 1250. The average Bonchev–Trinajstić information content (AvgIpc) is 3.23. The topological polar surface area (TPSA) is 68.5 Å². The summed E-state index contributed by atoms with van der Waals surface area (Å²) in [6, 6.07) is 8.69. The number of carbonyl (C=O) groups excluding carboxylic acids is 1. The number of halogens is 1. The van der Waals surface area contributed by atoms with Gasteiger partial charge in [0.2, 0.25) is 5.91 Å². The number of hydrogen-bond donors (Lipinski definition) is 1. The third-order valence-electron chi connectivity index (χ3n) is 7.26. The maximum atomic E-state index is 14.8. The maximum Gasteiger partial charge on any atom is 0.250 e. The molecule has 0 spiro atoms. The molecule has 7 nitrogen and oxygen atoms in total. The predicted octanol–water partition coefficient (Wildman–Crippen LogP) is 3.65. The number of amides is 1. The summed E-state index contributed by atoms with van der Waals surface area (Å²) in [5.41, 5.74) is 2.43. The maximum absolute atomic E-state index is 14.8. The van der Waals surface area contributed by atoms with Crippen LogP contribution in [0.2, 0.25) is 0 Å². The summed E-state index contributed by atoms with van der Waals surface area (Å²) in [5, 5.41) is 3.65. The first-order valence-corrected chi connectivity index (χ1v) is 12.8. The Balaban J connectivity index is 1.56. The second kappa shape index (κ2) is 11.8. The van der Waals surface area contributed by atoms with E-state index in [4.69, 9.17) is 4.74 Å². The smallest absolute Gasteiger partial charge is 0.250 e. The van der Waals surface area contributed by atoms with E-state index >= 15 is 0 Å².